The van der Waals surface area contributed by atoms with Gasteiger partial charge in [-0.05, 0) is 31.9 Å². The van der Waals surface area contributed by atoms with Gasteiger partial charge < -0.3 is 14.7 Å². The number of aromatic nitrogens is 1. The number of hydrogen-bond acceptors (Lipinski definition) is 6. The quantitative estimate of drug-likeness (QED) is 0.783. The summed E-state index contributed by atoms with van der Waals surface area (Å²) < 4.78 is 4.93. The van der Waals surface area contributed by atoms with Crippen LogP contribution in [0.25, 0.3) is 0 Å². The monoisotopic (exact) mass is 396 g/mol. The molecule has 2 aliphatic rings. The molecule has 0 spiro atoms. The average Bonchev–Trinajstić information content (AvgIpc) is 3.24. The number of anilines is 1. The molecule has 1 saturated heterocycles. The van der Waals surface area contributed by atoms with Crippen molar-refractivity contribution in [3.8, 4) is 0 Å². The largest absolute Gasteiger partial charge is 0.360 e. The Hall–Kier alpha value is -3.49. The van der Waals surface area contributed by atoms with Crippen molar-refractivity contribution in [2.75, 3.05) is 25.0 Å². The summed E-state index contributed by atoms with van der Waals surface area (Å²) in [4.78, 5) is 52.4. The van der Waals surface area contributed by atoms with Crippen molar-refractivity contribution in [1.82, 2.24) is 15.0 Å². The van der Waals surface area contributed by atoms with E-state index in [2.05, 4.69) is 10.5 Å². The molecule has 1 fully saturated rings. The summed E-state index contributed by atoms with van der Waals surface area (Å²) in [7, 11) is 0. The number of nitrogens with zero attached hydrogens (tertiary/aromatic N) is 3. The lowest BCUT2D eigenvalue weighted by molar-refractivity contribution is -0.134. The van der Waals surface area contributed by atoms with Crippen LogP contribution in [0, 0.1) is 12.8 Å². The van der Waals surface area contributed by atoms with Gasteiger partial charge in [-0.3, -0.25) is 24.1 Å². The Bertz CT molecular complexity index is 955. The molecule has 0 aliphatic carbocycles. The Morgan fingerprint density at radius 1 is 1.14 bits per heavy atom. The molecule has 3 heterocycles. The lowest BCUT2D eigenvalue weighted by Gasteiger charge is -2.32. The van der Waals surface area contributed by atoms with Crippen LogP contribution in [-0.2, 0) is 9.59 Å². The van der Waals surface area contributed by atoms with E-state index in [1.54, 1.807) is 42.2 Å². The van der Waals surface area contributed by atoms with E-state index >= 15 is 0 Å². The third-order valence-corrected chi connectivity index (χ3v) is 5.27. The van der Waals surface area contributed by atoms with Crippen LogP contribution in [0.2, 0.25) is 0 Å². The van der Waals surface area contributed by atoms with Crippen LogP contribution in [0.4, 0.5) is 5.82 Å². The van der Waals surface area contributed by atoms with Crippen LogP contribution >= 0.6 is 0 Å². The second kappa shape index (κ2) is 7.50. The van der Waals surface area contributed by atoms with Gasteiger partial charge in [0.2, 0.25) is 11.8 Å². The van der Waals surface area contributed by atoms with E-state index in [-0.39, 0.29) is 24.3 Å². The molecule has 150 valence electrons. The van der Waals surface area contributed by atoms with Crippen molar-refractivity contribution in [1.29, 1.82) is 0 Å². The number of rotatable bonds is 4. The molecule has 4 rings (SSSR count). The van der Waals surface area contributed by atoms with Gasteiger partial charge in [0.05, 0.1) is 11.1 Å². The maximum absolute atomic E-state index is 12.6. The molecule has 1 aromatic heterocycles. The van der Waals surface area contributed by atoms with Crippen LogP contribution in [-0.4, -0.2) is 58.2 Å². The molecule has 2 aliphatic heterocycles. The Labute approximate surface area is 166 Å². The number of fused-ring (bicyclic) bond motifs is 1. The standard InChI is InChI=1S/C20H20N4O5/c1-12-10-16(22-29-12)21-18(26)13-6-8-23(9-7-13)17(25)11-24-19(27)14-4-2-3-5-15(14)20(24)28/h2-5,10,13H,6-9,11H2,1H3,(H,21,22,26). The van der Waals surface area contributed by atoms with Gasteiger partial charge in [0, 0.05) is 25.1 Å². The second-order valence-corrected chi connectivity index (χ2v) is 7.21. The number of carbonyl (C=O) groups is 4. The molecule has 1 aromatic carbocycles. The van der Waals surface area contributed by atoms with Crippen LogP contribution in [0.3, 0.4) is 0 Å². The van der Waals surface area contributed by atoms with Gasteiger partial charge in [-0.1, -0.05) is 17.3 Å². The highest BCUT2D eigenvalue weighted by molar-refractivity contribution is 6.22. The molecule has 1 N–H and O–H groups in total. The number of benzene rings is 1. The molecular weight excluding hydrogens is 376 g/mol. The number of likely N-dealkylation sites (tertiary alicyclic amines) is 1. The lowest BCUT2D eigenvalue weighted by atomic mass is 9.96. The predicted octanol–water partition coefficient (Wildman–Crippen LogP) is 1.46. The molecule has 9 heteroatoms. The fourth-order valence-electron chi connectivity index (χ4n) is 3.66. The first kappa shape index (κ1) is 18.9. The predicted molar refractivity (Wildman–Crippen MR) is 101 cm³/mol. The average molecular weight is 396 g/mol. The van der Waals surface area contributed by atoms with Crippen molar-refractivity contribution < 1.29 is 23.7 Å². The molecule has 0 radical (unpaired) electrons. The number of amides is 4. The van der Waals surface area contributed by atoms with Crippen LogP contribution < -0.4 is 5.32 Å². The topological polar surface area (TPSA) is 113 Å². The Kier molecular flexibility index (Phi) is 4.87. The van der Waals surface area contributed by atoms with Gasteiger partial charge in [-0.2, -0.15) is 0 Å². The lowest BCUT2D eigenvalue weighted by Crippen LogP contribution is -2.46. The number of imide groups is 1. The zero-order chi connectivity index (χ0) is 20.5. The van der Waals surface area contributed by atoms with Crippen molar-refractivity contribution in [3.05, 3.63) is 47.2 Å². The minimum absolute atomic E-state index is 0.161. The van der Waals surface area contributed by atoms with Crippen molar-refractivity contribution in [3.63, 3.8) is 0 Å². The van der Waals surface area contributed by atoms with E-state index in [1.165, 1.54) is 0 Å². The molecular formula is C20H20N4O5. The highest BCUT2D eigenvalue weighted by Crippen LogP contribution is 2.24. The van der Waals surface area contributed by atoms with E-state index in [0.717, 1.165) is 4.90 Å². The Balaban J connectivity index is 1.31. The van der Waals surface area contributed by atoms with Gasteiger partial charge >= 0.3 is 0 Å². The fourth-order valence-corrected chi connectivity index (χ4v) is 3.66. The minimum atomic E-state index is -0.448. The summed E-state index contributed by atoms with van der Waals surface area (Å²) in [5, 5.41) is 6.45. The fraction of sp³-hybridized carbons (Fsp3) is 0.350. The smallest absolute Gasteiger partial charge is 0.262 e. The molecule has 0 atom stereocenters. The number of nitrogens with one attached hydrogen (secondary N) is 1. The van der Waals surface area contributed by atoms with Gasteiger partial charge in [-0.25, -0.2) is 0 Å². The SMILES string of the molecule is Cc1cc(NC(=O)C2CCN(C(=O)CN3C(=O)c4ccccc4C3=O)CC2)no1. The summed E-state index contributed by atoms with van der Waals surface area (Å²) in [6.07, 6.45) is 0.993. The molecule has 0 saturated carbocycles. The minimum Gasteiger partial charge on any atom is -0.360 e. The summed E-state index contributed by atoms with van der Waals surface area (Å²) in [6.45, 7) is 2.22. The third kappa shape index (κ3) is 3.63. The van der Waals surface area contributed by atoms with E-state index < -0.39 is 11.8 Å². The number of aryl methyl sites for hydroxylation is 1. The molecule has 0 unspecified atom stereocenters. The van der Waals surface area contributed by atoms with Gasteiger partial charge in [-0.15, -0.1) is 0 Å². The van der Waals surface area contributed by atoms with Crippen molar-refractivity contribution in [2.24, 2.45) is 5.92 Å². The summed E-state index contributed by atoms with van der Waals surface area (Å²) >= 11 is 0. The van der Waals surface area contributed by atoms with Crippen molar-refractivity contribution >= 4 is 29.4 Å². The summed E-state index contributed by atoms with van der Waals surface area (Å²) in [5.74, 6) is -0.621. The Morgan fingerprint density at radius 2 is 1.76 bits per heavy atom. The van der Waals surface area contributed by atoms with E-state index in [9.17, 15) is 19.2 Å². The van der Waals surface area contributed by atoms with Crippen molar-refractivity contribution in [2.45, 2.75) is 19.8 Å². The van der Waals surface area contributed by atoms with Gasteiger partial charge in [0.15, 0.2) is 5.82 Å². The maximum Gasteiger partial charge on any atom is 0.262 e. The van der Waals surface area contributed by atoms with E-state index in [1.807, 2.05) is 0 Å². The zero-order valence-corrected chi connectivity index (χ0v) is 15.9. The molecule has 29 heavy (non-hydrogen) atoms. The molecule has 0 bridgehead atoms. The van der Waals surface area contributed by atoms with Gasteiger partial charge in [0.25, 0.3) is 11.8 Å². The van der Waals surface area contributed by atoms with Crippen LogP contribution in [0.15, 0.2) is 34.9 Å². The number of carbonyl (C=O) groups excluding carboxylic acids is 4. The summed E-state index contributed by atoms with van der Waals surface area (Å²) in [6, 6.07) is 8.18. The van der Waals surface area contributed by atoms with Gasteiger partial charge in [0.1, 0.15) is 12.3 Å². The summed E-state index contributed by atoms with van der Waals surface area (Å²) in [5.41, 5.74) is 0.646. The zero-order valence-electron chi connectivity index (χ0n) is 15.9. The first-order chi connectivity index (χ1) is 13.9. The maximum atomic E-state index is 12.6. The highest BCUT2D eigenvalue weighted by Gasteiger charge is 2.37. The first-order valence-electron chi connectivity index (χ1n) is 9.41. The van der Waals surface area contributed by atoms with Crippen LogP contribution in [0.5, 0.6) is 0 Å². The third-order valence-electron chi connectivity index (χ3n) is 5.27. The highest BCUT2D eigenvalue weighted by atomic mass is 16.5. The normalized spacial score (nSPS) is 16.9. The molecule has 4 amide bonds. The number of piperidine rings is 1. The van der Waals surface area contributed by atoms with Crippen LogP contribution in [0.1, 0.15) is 39.3 Å². The van der Waals surface area contributed by atoms with E-state index in [4.69, 9.17) is 4.52 Å². The molecule has 2 aromatic rings. The second-order valence-electron chi connectivity index (χ2n) is 7.21. The van der Waals surface area contributed by atoms with E-state index in [0.29, 0.717) is 48.6 Å². The molecule has 9 nitrogen and oxygen atoms in total. The Morgan fingerprint density at radius 3 is 2.31 bits per heavy atom. The first-order valence-corrected chi connectivity index (χ1v) is 9.41. The number of hydrogen-bond donors (Lipinski definition) is 1.